The zero-order valence-corrected chi connectivity index (χ0v) is 16.5. The van der Waals surface area contributed by atoms with E-state index in [0.717, 1.165) is 16.8 Å². The Kier molecular flexibility index (Phi) is 5.26. The number of hydrogen-bond acceptors (Lipinski definition) is 4. The highest BCUT2D eigenvalue weighted by Gasteiger charge is 2.14. The molecule has 1 heterocycles. The number of carbonyl (C=O) groups is 1. The molecule has 0 saturated carbocycles. The predicted molar refractivity (Wildman–Crippen MR) is 112 cm³/mol. The molecule has 0 aliphatic rings. The molecule has 0 bridgehead atoms. The van der Waals surface area contributed by atoms with E-state index in [-0.39, 0.29) is 17.5 Å². The summed E-state index contributed by atoms with van der Waals surface area (Å²) in [4.78, 5) is 16.8. The Morgan fingerprint density at radius 3 is 2.43 bits per heavy atom. The Morgan fingerprint density at radius 1 is 1.03 bits per heavy atom. The van der Waals surface area contributed by atoms with Crippen LogP contribution in [0.1, 0.15) is 15.9 Å². The summed E-state index contributed by atoms with van der Waals surface area (Å²) in [5.74, 6) is -0.199. The van der Waals surface area contributed by atoms with Crippen molar-refractivity contribution in [3.8, 4) is 23.1 Å². The molecular formula is C23H19FN4O2. The molecule has 6 nitrogen and oxygen atoms in total. The number of aryl methyl sites for hydroxylation is 1. The number of hydrogen-bond donors (Lipinski definition) is 1. The minimum atomic E-state index is -0.457. The number of carbonyl (C=O) groups excluding carboxylic acids is 1. The van der Waals surface area contributed by atoms with Crippen molar-refractivity contribution in [3.63, 3.8) is 0 Å². The van der Waals surface area contributed by atoms with Gasteiger partial charge >= 0.3 is 6.01 Å². The third-order valence-electron chi connectivity index (χ3n) is 4.54. The first kappa shape index (κ1) is 19.3. The smallest absolute Gasteiger partial charge is 0.336 e. The van der Waals surface area contributed by atoms with Gasteiger partial charge in [0.1, 0.15) is 5.82 Å². The molecule has 7 heteroatoms. The summed E-state index contributed by atoms with van der Waals surface area (Å²) in [5.41, 5.74) is 3.64. The lowest BCUT2D eigenvalue weighted by molar-refractivity contribution is 0.102. The van der Waals surface area contributed by atoms with Crippen LogP contribution in [0.25, 0.3) is 17.1 Å². The summed E-state index contributed by atoms with van der Waals surface area (Å²) in [6.45, 7) is 2.02. The van der Waals surface area contributed by atoms with Crippen LogP contribution in [0.5, 0.6) is 6.01 Å². The largest absolute Gasteiger partial charge is 0.466 e. The van der Waals surface area contributed by atoms with E-state index in [1.807, 2.05) is 43.3 Å². The number of nitrogens with zero attached hydrogens (tertiary/aromatic N) is 3. The first-order valence-electron chi connectivity index (χ1n) is 9.29. The topological polar surface area (TPSA) is 69.0 Å². The van der Waals surface area contributed by atoms with Crippen LogP contribution in [-0.2, 0) is 0 Å². The van der Waals surface area contributed by atoms with Gasteiger partial charge in [-0.1, -0.05) is 35.9 Å². The lowest BCUT2D eigenvalue weighted by Gasteiger charge is -2.09. The molecule has 30 heavy (non-hydrogen) atoms. The quantitative estimate of drug-likeness (QED) is 0.528. The average Bonchev–Trinajstić information content (AvgIpc) is 3.19. The van der Waals surface area contributed by atoms with Gasteiger partial charge in [-0.15, -0.1) is 5.10 Å². The number of anilines is 1. The highest BCUT2D eigenvalue weighted by atomic mass is 19.1. The molecule has 4 rings (SSSR count). The van der Waals surface area contributed by atoms with Crippen molar-refractivity contribution < 1.29 is 13.9 Å². The third-order valence-corrected chi connectivity index (χ3v) is 4.54. The number of aromatic nitrogens is 3. The summed E-state index contributed by atoms with van der Waals surface area (Å²) in [6, 6.07) is 20.9. The van der Waals surface area contributed by atoms with E-state index >= 15 is 0 Å². The van der Waals surface area contributed by atoms with E-state index in [4.69, 9.17) is 4.74 Å². The van der Waals surface area contributed by atoms with Crippen molar-refractivity contribution in [3.05, 3.63) is 89.7 Å². The fourth-order valence-electron chi connectivity index (χ4n) is 2.97. The molecule has 0 spiro atoms. The lowest BCUT2D eigenvalue weighted by atomic mass is 10.1. The molecular weight excluding hydrogens is 383 g/mol. The molecule has 1 N–H and O–H groups in total. The van der Waals surface area contributed by atoms with Crippen molar-refractivity contribution in [1.29, 1.82) is 0 Å². The molecule has 0 unspecified atom stereocenters. The number of methoxy groups -OCH3 is 1. The average molecular weight is 402 g/mol. The van der Waals surface area contributed by atoms with Gasteiger partial charge in [-0.2, -0.15) is 4.98 Å². The number of halogens is 1. The van der Waals surface area contributed by atoms with Crippen LogP contribution in [0, 0.1) is 12.7 Å². The molecule has 3 aromatic carbocycles. The Balaban J connectivity index is 1.60. The Morgan fingerprint density at radius 2 is 1.77 bits per heavy atom. The van der Waals surface area contributed by atoms with E-state index in [2.05, 4.69) is 15.4 Å². The fourth-order valence-corrected chi connectivity index (χ4v) is 2.97. The van der Waals surface area contributed by atoms with E-state index in [1.54, 1.807) is 22.9 Å². The van der Waals surface area contributed by atoms with Crippen LogP contribution in [0.15, 0.2) is 72.8 Å². The second-order valence-electron chi connectivity index (χ2n) is 6.71. The highest BCUT2D eigenvalue weighted by Crippen LogP contribution is 2.24. The van der Waals surface area contributed by atoms with Gasteiger partial charge in [-0.3, -0.25) is 4.79 Å². The first-order chi connectivity index (χ1) is 14.5. The standard InChI is InChI=1S/C23H19FN4O2/c1-15-6-8-16(9-7-15)21-26-23(30-2)27-28(21)20-12-10-19(11-13-20)25-22(29)17-4-3-5-18(24)14-17/h3-14H,1-2H3,(H,25,29). The Labute approximate surface area is 173 Å². The number of nitrogens with one attached hydrogen (secondary N) is 1. The van der Waals surface area contributed by atoms with Gasteiger partial charge in [0, 0.05) is 16.8 Å². The molecule has 0 radical (unpaired) electrons. The van der Waals surface area contributed by atoms with Gasteiger partial charge in [0.05, 0.1) is 12.8 Å². The van der Waals surface area contributed by atoms with Gasteiger partial charge in [0.25, 0.3) is 5.91 Å². The van der Waals surface area contributed by atoms with Crippen LogP contribution in [0.4, 0.5) is 10.1 Å². The van der Waals surface area contributed by atoms with Crippen molar-refractivity contribution >= 4 is 11.6 Å². The van der Waals surface area contributed by atoms with Crippen LogP contribution in [0.3, 0.4) is 0 Å². The summed E-state index contributed by atoms with van der Waals surface area (Å²) >= 11 is 0. The van der Waals surface area contributed by atoms with Crippen molar-refractivity contribution in [1.82, 2.24) is 14.8 Å². The van der Waals surface area contributed by atoms with Gasteiger partial charge in [0.2, 0.25) is 0 Å². The van der Waals surface area contributed by atoms with Crippen LogP contribution >= 0.6 is 0 Å². The lowest BCUT2D eigenvalue weighted by Crippen LogP contribution is -2.12. The summed E-state index contributed by atoms with van der Waals surface area (Å²) in [7, 11) is 1.52. The van der Waals surface area contributed by atoms with Gasteiger partial charge in [0.15, 0.2) is 5.82 Å². The summed E-state index contributed by atoms with van der Waals surface area (Å²) in [5, 5.41) is 7.16. The van der Waals surface area contributed by atoms with Crippen LogP contribution < -0.4 is 10.1 Å². The molecule has 1 amide bonds. The van der Waals surface area contributed by atoms with Gasteiger partial charge < -0.3 is 10.1 Å². The SMILES string of the molecule is COc1nc(-c2ccc(C)cc2)n(-c2ccc(NC(=O)c3cccc(F)c3)cc2)n1. The zero-order valence-electron chi connectivity index (χ0n) is 16.5. The molecule has 4 aromatic rings. The Bertz CT molecular complexity index is 1180. The van der Waals surface area contributed by atoms with Crippen molar-refractivity contribution in [2.24, 2.45) is 0 Å². The van der Waals surface area contributed by atoms with Crippen molar-refractivity contribution in [2.45, 2.75) is 6.92 Å². The van der Waals surface area contributed by atoms with Crippen LogP contribution in [0.2, 0.25) is 0 Å². The fraction of sp³-hybridized carbons (Fsp3) is 0.0870. The summed E-state index contributed by atoms with van der Waals surface area (Å²) < 4.78 is 20.2. The Hall–Kier alpha value is -4.00. The van der Waals surface area contributed by atoms with Gasteiger partial charge in [-0.25, -0.2) is 9.07 Å². The van der Waals surface area contributed by atoms with E-state index in [1.165, 1.54) is 25.3 Å². The van der Waals surface area contributed by atoms with Crippen LogP contribution in [-0.4, -0.2) is 27.8 Å². The number of ether oxygens (including phenoxy) is 1. The monoisotopic (exact) mass is 402 g/mol. The normalized spacial score (nSPS) is 10.6. The number of benzene rings is 3. The minimum Gasteiger partial charge on any atom is -0.466 e. The molecule has 0 atom stereocenters. The predicted octanol–water partition coefficient (Wildman–Crippen LogP) is 4.64. The number of rotatable bonds is 5. The van der Waals surface area contributed by atoms with E-state index in [0.29, 0.717) is 11.5 Å². The molecule has 1 aromatic heterocycles. The second-order valence-corrected chi connectivity index (χ2v) is 6.71. The van der Waals surface area contributed by atoms with Gasteiger partial charge in [-0.05, 0) is 49.4 Å². The second kappa shape index (κ2) is 8.16. The summed E-state index contributed by atoms with van der Waals surface area (Å²) in [6.07, 6.45) is 0. The molecule has 150 valence electrons. The zero-order chi connectivity index (χ0) is 21.1. The first-order valence-corrected chi connectivity index (χ1v) is 9.29. The third kappa shape index (κ3) is 4.05. The number of amides is 1. The van der Waals surface area contributed by atoms with E-state index in [9.17, 15) is 9.18 Å². The van der Waals surface area contributed by atoms with Crippen molar-refractivity contribution in [2.75, 3.05) is 12.4 Å². The maximum Gasteiger partial charge on any atom is 0.336 e. The molecule has 0 saturated heterocycles. The molecule has 0 fully saturated rings. The molecule has 0 aliphatic heterocycles. The van der Waals surface area contributed by atoms with E-state index < -0.39 is 5.82 Å². The maximum absolute atomic E-state index is 13.3. The maximum atomic E-state index is 13.3. The highest BCUT2D eigenvalue weighted by molar-refractivity contribution is 6.04. The minimum absolute atomic E-state index is 0.252. The molecule has 0 aliphatic carbocycles.